The summed E-state index contributed by atoms with van der Waals surface area (Å²) in [5, 5.41) is 17.9. The normalized spacial score (nSPS) is 19.4. The molecule has 0 fully saturated rings. The first-order valence-electron chi connectivity index (χ1n) is 3.92. The van der Waals surface area contributed by atoms with E-state index in [0.717, 1.165) is 0 Å². The fraction of sp³-hybridized carbons (Fsp3) is 1.00. The molecule has 2 atom stereocenters. The minimum absolute atomic E-state index is 0.0908. The van der Waals surface area contributed by atoms with Crippen molar-refractivity contribution in [1.29, 1.82) is 0 Å². The molecule has 0 radical (unpaired) electrons. The Hall–Kier alpha value is -0.160. The minimum atomic E-state index is -1.28. The molecule has 0 amide bonds. The highest BCUT2D eigenvalue weighted by molar-refractivity contribution is 4.81. The van der Waals surface area contributed by atoms with E-state index in [-0.39, 0.29) is 6.61 Å². The first-order valence-corrected chi connectivity index (χ1v) is 3.92. The van der Waals surface area contributed by atoms with E-state index in [4.69, 9.17) is 16.6 Å². The number of hydrogen-bond acceptors (Lipinski definition) is 4. The van der Waals surface area contributed by atoms with Crippen molar-refractivity contribution in [3.05, 3.63) is 0 Å². The quantitative estimate of drug-likeness (QED) is 0.396. The third-order valence-electron chi connectivity index (χ3n) is 1.88. The molecule has 11 heavy (non-hydrogen) atoms. The summed E-state index contributed by atoms with van der Waals surface area (Å²) in [4.78, 5) is 0. The molecule has 0 aliphatic rings. The molecule has 2 unspecified atom stereocenters. The lowest BCUT2D eigenvalue weighted by molar-refractivity contribution is 0.0121. The maximum absolute atomic E-state index is 9.39. The molecule has 0 saturated heterocycles. The van der Waals surface area contributed by atoms with Crippen molar-refractivity contribution in [2.24, 2.45) is 11.5 Å². The summed E-state index contributed by atoms with van der Waals surface area (Å²) in [5.41, 5.74) is 9.73. The summed E-state index contributed by atoms with van der Waals surface area (Å²) >= 11 is 0. The third-order valence-corrected chi connectivity index (χ3v) is 1.88. The SMILES string of the molecule is CCC(N)(O)C(N)CCCO. The van der Waals surface area contributed by atoms with Crippen molar-refractivity contribution >= 4 is 0 Å². The van der Waals surface area contributed by atoms with Gasteiger partial charge in [-0.1, -0.05) is 6.92 Å². The van der Waals surface area contributed by atoms with E-state index >= 15 is 0 Å². The second kappa shape index (κ2) is 4.66. The zero-order valence-corrected chi connectivity index (χ0v) is 6.95. The van der Waals surface area contributed by atoms with Gasteiger partial charge < -0.3 is 21.7 Å². The Labute approximate surface area is 67.2 Å². The van der Waals surface area contributed by atoms with Gasteiger partial charge in [0.25, 0.3) is 0 Å². The lowest BCUT2D eigenvalue weighted by Crippen LogP contribution is -2.54. The van der Waals surface area contributed by atoms with Crippen LogP contribution in [0.2, 0.25) is 0 Å². The zero-order chi connectivity index (χ0) is 8.91. The van der Waals surface area contributed by atoms with Crippen LogP contribution in [-0.4, -0.2) is 28.6 Å². The molecule has 6 N–H and O–H groups in total. The Morgan fingerprint density at radius 2 is 2.09 bits per heavy atom. The molecule has 0 heterocycles. The highest BCUT2D eigenvalue weighted by Gasteiger charge is 2.26. The lowest BCUT2D eigenvalue weighted by atomic mass is 9.98. The van der Waals surface area contributed by atoms with Gasteiger partial charge in [-0.3, -0.25) is 0 Å². The molecule has 0 aliphatic carbocycles. The number of aliphatic hydroxyl groups is 2. The van der Waals surface area contributed by atoms with Gasteiger partial charge in [0, 0.05) is 12.6 Å². The van der Waals surface area contributed by atoms with Crippen molar-refractivity contribution in [3.63, 3.8) is 0 Å². The van der Waals surface area contributed by atoms with Crippen LogP contribution in [0.25, 0.3) is 0 Å². The molecule has 0 spiro atoms. The molecular formula is C7H18N2O2. The first-order chi connectivity index (χ1) is 5.04. The third kappa shape index (κ3) is 3.67. The number of aliphatic hydroxyl groups excluding tert-OH is 1. The summed E-state index contributed by atoms with van der Waals surface area (Å²) in [7, 11) is 0. The second-order valence-corrected chi connectivity index (χ2v) is 2.82. The molecule has 0 aromatic heterocycles. The van der Waals surface area contributed by atoms with Crippen molar-refractivity contribution in [1.82, 2.24) is 0 Å². The molecule has 68 valence electrons. The fourth-order valence-corrected chi connectivity index (χ4v) is 0.823. The molecular weight excluding hydrogens is 144 g/mol. The van der Waals surface area contributed by atoms with Gasteiger partial charge in [-0.15, -0.1) is 0 Å². The van der Waals surface area contributed by atoms with Crippen LogP contribution in [-0.2, 0) is 0 Å². The lowest BCUT2D eigenvalue weighted by Gasteiger charge is -2.28. The van der Waals surface area contributed by atoms with Crippen molar-refractivity contribution < 1.29 is 10.2 Å². The van der Waals surface area contributed by atoms with Crippen LogP contribution in [0.1, 0.15) is 26.2 Å². The van der Waals surface area contributed by atoms with Crippen LogP contribution in [0.4, 0.5) is 0 Å². The van der Waals surface area contributed by atoms with E-state index in [0.29, 0.717) is 19.3 Å². The predicted molar refractivity (Wildman–Crippen MR) is 43.7 cm³/mol. The molecule has 0 aliphatic heterocycles. The fourth-order valence-electron chi connectivity index (χ4n) is 0.823. The van der Waals surface area contributed by atoms with E-state index < -0.39 is 11.8 Å². The molecule has 0 rings (SSSR count). The molecule has 0 aromatic carbocycles. The maximum Gasteiger partial charge on any atom is 0.128 e. The van der Waals surface area contributed by atoms with Crippen molar-refractivity contribution in [2.45, 2.75) is 38.0 Å². The first kappa shape index (κ1) is 10.8. The Bertz CT molecular complexity index is 107. The van der Waals surface area contributed by atoms with Crippen LogP contribution in [0, 0.1) is 0 Å². The second-order valence-electron chi connectivity index (χ2n) is 2.82. The molecule has 0 saturated carbocycles. The average Bonchev–Trinajstić information content (AvgIpc) is 2.00. The molecule has 0 bridgehead atoms. The van der Waals surface area contributed by atoms with Crippen LogP contribution in [0.15, 0.2) is 0 Å². The Kier molecular flexibility index (Phi) is 4.60. The topological polar surface area (TPSA) is 92.5 Å². The molecule has 4 heteroatoms. The molecule has 0 aromatic rings. The highest BCUT2D eigenvalue weighted by Crippen LogP contribution is 2.10. The summed E-state index contributed by atoms with van der Waals surface area (Å²) in [5.74, 6) is 0. The average molecular weight is 162 g/mol. The van der Waals surface area contributed by atoms with Crippen molar-refractivity contribution in [3.8, 4) is 0 Å². The van der Waals surface area contributed by atoms with Gasteiger partial charge in [0.1, 0.15) is 5.72 Å². The van der Waals surface area contributed by atoms with Crippen LogP contribution in [0.3, 0.4) is 0 Å². The summed E-state index contributed by atoms with van der Waals surface area (Å²) in [6, 6.07) is -0.445. The number of hydrogen-bond donors (Lipinski definition) is 4. The van der Waals surface area contributed by atoms with Gasteiger partial charge in [0.15, 0.2) is 0 Å². The van der Waals surface area contributed by atoms with Gasteiger partial charge in [0.05, 0.1) is 0 Å². The van der Waals surface area contributed by atoms with Crippen molar-refractivity contribution in [2.75, 3.05) is 6.61 Å². The van der Waals surface area contributed by atoms with Gasteiger partial charge in [0.2, 0.25) is 0 Å². The van der Waals surface area contributed by atoms with Gasteiger partial charge >= 0.3 is 0 Å². The van der Waals surface area contributed by atoms with E-state index in [1.54, 1.807) is 6.92 Å². The minimum Gasteiger partial charge on any atom is -0.396 e. The van der Waals surface area contributed by atoms with Gasteiger partial charge in [-0.25, -0.2) is 0 Å². The standard InChI is InChI=1S/C7H18N2O2/c1-2-7(9,11)6(8)4-3-5-10/h6,10-11H,2-5,8-9H2,1H3. The zero-order valence-electron chi connectivity index (χ0n) is 6.95. The van der Waals surface area contributed by atoms with E-state index in [9.17, 15) is 5.11 Å². The summed E-state index contributed by atoms with van der Waals surface area (Å²) in [6.07, 6.45) is 1.57. The largest absolute Gasteiger partial charge is 0.396 e. The Morgan fingerprint density at radius 3 is 2.45 bits per heavy atom. The van der Waals surface area contributed by atoms with Crippen LogP contribution in [0.5, 0.6) is 0 Å². The monoisotopic (exact) mass is 162 g/mol. The van der Waals surface area contributed by atoms with Gasteiger partial charge in [-0.05, 0) is 19.3 Å². The highest BCUT2D eigenvalue weighted by atomic mass is 16.3. The van der Waals surface area contributed by atoms with Crippen LogP contribution < -0.4 is 11.5 Å². The van der Waals surface area contributed by atoms with Gasteiger partial charge in [-0.2, -0.15) is 0 Å². The van der Waals surface area contributed by atoms with E-state index in [1.807, 2.05) is 0 Å². The predicted octanol–water partition coefficient (Wildman–Crippen LogP) is -0.856. The number of nitrogens with two attached hydrogens (primary N) is 2. The van der Waals surface area contributed by atoms with E-state index in [2.05, 4.69) is 0 Å². The molecule has 4 nitrogen and oxygen atoms in total. The maximum atomic E-state index is 9.39. The Balaban J connectivity index is 3.71. The smallest absolute Gasteiger partial charge is 0.128 e. The van der Waals surface area contributed by atoms with E-state index in [1.165, 1.54) is 0 Å². The van der Waals surface area contributed by atoms with Crippen LogP contribution >= 0.6 is 0 Å². The summed E-state index contributed by atoms with van der Waals surface area (Å²) < 4.78 is 0. The Morgan fingerprint density at radius 1 is 1.55 bits per heavy atom. The number of rotatable bonds is 5. The summed E-state index contributed by atoms with van der Waals surface area (Å²) in [6.45, 7) is 1.87.